The molecule has 1 nitrogen and oxygen atoms in total. The van der Waals surface area contributed by atoms with Crippen LogP contribution in [0.3, 0.4) is 0 Å². The highest BCUT2D eigenvalue weighted by atomic mass is 16.1. The molecule has 0 amide bonds. The van der Waals surface area contributed by atoms with Crippen molar-refractivity contribution in [2.45, 2.75) is 59.8 Å². The molecule has 2 rings (SSSR count). The second kappa shape index (κ2) is 3.85. The zero-order valence-electron chi connectivity index (χ0n) is 11.3. The van der Waals surface area contributed by atoms with E-state index in [2.05, 4.69) is 27.7 Å². The van der Waals surface area contributed by atoms with Crippen LogP contribution in [0.25, 0.3) is 0 Å². The van der Waals surface area contributed by atoms with E-state index in [1.807, 2.05) is 0 Å². The first-order valence-corrected chi connectivity index (χ1v) is 6.87. The van der Waals surface area contributed by atoms with Gasteiger partial charge in [0.05, 0.1) is 0 Å². The molecule has 2 aliphatic rings. The first-order chi connectivity index (χ1) is 7.42. The fourth-order valence-electron chi connectivity index (χ4n) is 4.83. The molecule has 0 spiro atoms. The monoisotopic (exact) mass is 222 g/mol. The largest absolute Gasteiger partial charge is 0.303 e. The summed E-state index contributed by atoms with van der Waals surface area (Å²) in [5.41, 5.74) is 0.718. The molecule has 2 aliphatic carbocycles. The lowest BCUT2D eigenvalue weighted by Crippen LogP contribution is -2.51. The van der Waals surface area contributed by atoms with Crippen molar-refractivity contribution in [1.29, 1.82) is 0 Å². The number of hydrogen-bond acceptors (Lipinski definition) is 1. The Morgan fingerprint density at radius 1 is 1.12 bits per heavy atom. The van der Waals surface area contributed by atoms with Crippen LogP contribution >= 0.6 is 0 Å². The quantitative estimate of drug-likeness (QED) is 0.611. The van der Waals surface area contributed by atoms with Crippen LogP contribution in [0, 0.1) is 28.6 Å². The summed E-state index contributed by atoms with van der Waals surface area (Å²) in [6.07, 6.45) is 7.74. The Bertz CT molecular complexity index is 281. The van der Waals surface area contributed by atoms with Gasteiger partial charge in [-0.15, -0.1) is 0 Å². The summed E-state index contributed by atoms with van der Waals surface area (Å²) in [6.45, 7) is 9.47. The Morgan fingerprint density at radius 3 is 2.44 bits per heavy atom. The van der Waals surface area contributed by atoms with E-state index in [0.717, 1.165) is 5.92 Å². The standard InChI is InChI=1S/C15H26O/c1-11-6-7-13-14(2,3)8-5-9-15(13,4)12(11)10-16/h10-13H,5-9H2,1-4H3. The topological polar surface area (TPSA) is 17.1 Å². The lowest BCUT2D eigenvalue weighted by atomic mass is 9.47. The van der Waals surface area contributed by atoms with E-state index in [4.69, 9.17) is 0 Å². The smallest absolute Gasteiger partial charge is 0.123 e. The predicted molar refractivity (Wildman–Crippen MR) is 67.2 cm³/mol. The van der Waals surface area contributed by atoms with Crippen LogP contribution in [0.2, 0.25) is 0 Å². The van der Waals surface area contributed by atoms with E-state index < -0.39 is 0 Å². The molecule has 0 N–H and O–H groups in total. The average molecular weight is 222 g/mol. The lowest BCUT2D eigenvalue weighted by Gasteiger charge is -2.57. The van der Waals surface area contributed by atoms with Crippen LogP contribution in [0.4, 0.5) is 0 Å². The summed E-state index contributed by atoms with van der Waals surface area (Å²) in [4.78, 5) is 11.4. The van der Waals surface area contributed by atoms with Crippen molar-refractivity contribution < 1.29 is 4.79 Å². The van der Waals surface area contributed by atoms with Crippen LogP contribution in [0.15, 0.2) is 0 Å². The molecule has 1 heteroatoms. The second-order valence-electron chi connectivity index (χ2n) is 7.12. The summed E-state index contributed by atoms with van der Waals surface area (Å²) in [6, 6.07) is 0. The van der Waals surface area contributed by atoms with Crippen LogP contribution in [-0.2, 0) is 4.79 Å². The third-order valence-electron chi connectivity index (χ3n) is 5.71. The van der Waals surface area contributed by atoms with Gasteiger partial charge in [0.15, 0.2) is 0 Å². The Hall–Kier alpha value is -0.330. The molecule has 0 aromatic heterocycles. The van der Waals surface area contributed by atoms with Gasteiger partial charge in [0.1, 0.15) is 6.29 Å². The number of rotatable bonds is 1. The molecule has 92 valence electrons. The third kappa shape index (κ3) is 1.63. The maximum Gasteiger partial charge on any atom is 0.123 e. The molecular formula is C15H26O. The predicted octanol–water partition coefficient (Wildman–Crippen LogP) is 4.06. The first-order valence-electron chi connectivity index (χ1n) is 6.87. The normalized spacial score (nSPS) is 47.1. The third-order valence-corrected chi connectivity index (χ3v) is 5.71. The highest BCUT2D eigenvalue weighted by molar-refractivity contribution is 5.56. The SMILES string of the molecule is CC1CCC2C(C)(C)CCCC2(C)C1C=O. The van der Waals surface area contributed by atoms with Crippen molar-refractivity contribution in [3.05, 3.63) is 0 Å². The van der Waals surface area contributed by atoms with E-state index in [0.29, 0.717) is 17.3 Å². The van der Waals surface area contributed by atoms with Crippen molar-refractivity contribution in [2.24, 2.45) is 28.6 Å². The number of carbonyl (C=O) groups is 1. The van der Waals surface area contributed by atoms with Crippen LogP contribution < -0.4 is 0 Å². The van der Waals surface area contributed by atoms with E-state index >= 15 is 0 Å². The number of carbonyl (C=O) groups excluding carboxylic acids is 1. The Balaban J connectivity index is 2.34. The molecular weight excluding hydrogens is 196 g/mol. The highest BCUT2D eigenvalue weighted by Gasteiger charge is 2.53. The number of hydrogen-bond donors (Lipinski definition) is 0. The second-order valence-corrected chi connectivity index (χ2v) is 7.12. The maximum absolute atomic E-state index is 11.4. The fraction of sp³-hybridized carbons (Fsp3) is 0.933. The number of aldehydes is 1. The molecule has 0 aromatic carbocycles. The van der Waals surface area contributed by atoms with Gasteiger partial charge in [-0.3, -0.25) is 0 Å². The van der Waals surface area contributed by atoms with E-state index in [1.165, 1.54) is 38.4 Å². The molecule has 16 heavy (non-hydrogen) atoms. The summed E-state index contributed by atoms with van der Waals surface area (Å²) in [7, 11) is 0. The van der Waals surface area contributed by atoms with Crippen LogP contribution in [0.5, 0.6) is 0 Å². The van der Waals surface area contributed by atoms with Crippen molar-refractivity contribution >= 4 is 6.29 Å². The Kier molecular flexibility index (Phi) is 2.92. The molecule has 0 heterocycles. The minimum Gasteiger partial charge on any atom is -0.303 e. The fourth-order valence-corrected chi connectivity index (χ4v) is 4.83. The molecule has 2 saturated carbocycles. The molecule has 0 saturated heterocycles. The van der Waals surface area contributed by atoms with Crippen molar-refractivity contribution in [1.82, 2.24) is 0 Å². The molecule has 2 fully saturated rings. The van der Waals surface area contributed by atoms with E-state index in [9.17, 15) is 4.79 Å². The van der Waals surface area contributed by atoms with Crippen molar-refractivity contribution in [2.75, 3.05) is 0 Å². The van der Waals surface area contributed by atoms with E-state index in [-0.39, 0.29) is 5.41 Å². The minimum absolute atomic E-state index is 0.279. The van der Waals surface area contributed by atoms with Crippen molar-refractivity contribution in [3.8, 4) is 0 Å². The summed E-state index contributed by atoms with van der Waals surface area (Å²) in [5, 5.41) is 0. The van der Waals surface area contributed by atoms with Gasteiger partial charge in [-0.2, -0.15) is 0 Å². The maximum atomic E-state index is 11.4. The van der Waals surface area contributed by atoms with Crippen LogP contribution in [-0.4, -0.2) is 6.29 Å². The van der Waals surface area contributed by atoms with Gasteiger partial charge in [-0.05, 0) is 48.3 Å². The molecule has 0 aliphatic heterocycles. The van der Waals surface area contributed by atoms with Gasteiger partial charge >= 0.3 is 0 Å². The Morgan fingerprint density at radius 2 is 1.81 bits per heavy atom. The Labute approximate surface area is 100.0 Å². The summed E-state index contributed by atoms with van der Waals surface area (Å²) >= 11 is 0. The average Bonchev–Trinajstić information content (AvgIpc) is 2.15. The molecule has 0 bridgehead atoms. The molecule has 4 atom stereocenters. The number of fused-ring (bicyclic) bond motifs is 1. The van der Waals surface area contributed by atoms with Gasteiger partial charge in [0.25, 0.3) is 0 Å². The molecule has 0 aromatic rings. The van der Waals surface area contributed by atoms with Gasteiger partial charge in [0, 0.05) is 5.92 Å². The van der Waals surface area contributed by atoms with Crippen LogP contribution in [0.1, 0.15) is 59.8 Å². The van der Waals surface area contributed by atoms with E-state index in [1.54, 1.807) is 0 Å². The zero-order chi connectivity index (χ0) is 12.0. The highest BCUT2D eigenvalue weighted by Crippen LogP contribution is 2.60. The summed E-state index contributed by atoms with van der Waals surface area (Å²) < 4.78 is 0. The summed E-state index contributed by atoms with van der Waals surface area (Å²) in [5.74, 6) is 1.64. The lowest BCUT2D eigenvalue weighted by molar-refractivity contribution is -0.133. The van der Waals surface area contributed by atoms with Gasteiger partial charge in [0.2, 0.25) is 0 Å². The minimum atomic E-state index is 0.279. The van der Waals surface area contributed by atoms with Gasteiger partial charge in [-0.1, -0.05) is 34.1 Å². The van der Waals surface area contributed by atoms with Gasteiger partial charge in [-0.25, -0.2) is 0 Å². The first kappa shape index (κ1) is 12.1. The van der Waals surface area contributed by atoms with Gasteiger partial charge < -0.3 is 4.79 Å². The zero-order valence-corrected chi connectivity index (χ0v) is 11.3. The molecule has 0 radical (unpaired) electrons. The van der Waals surface area contributed by atoms with Crippen molar-refractivity contribution in [3.63, 3.8) is 0 Å². The molecule has 4 unspecified atom stereocenters.